The van der Waals surface area contributed by atoms with E-state index in [2.05, 4.69) is 16.0 Å². The van der Waals surface area contributed by atoms with Gasteiger partial charge in [0.05, 0.1) is 17.3 Å². The SMILES string of the molecule is CCNCC(=O)Nc1cc(C(=O)NC)ccc1Cl. The molecule has 0 saturated carbocycles. The number of rotatable bonds is 5. The maximum absolute atomic E-state index is 11.5. The van der Waals surface area contributed by atoms with E-state index in [1.165, 1.54) is 0 Å². The van der Waals surface area contributed by atoms with Crippen LogP contribution in [0, 0.1) is 0 Å². The van der Waals surface area contributed by atoms with Crippen LogP contribution in [-0.4, -0.2) is 32.0 Å². The fourth-order valence-corrected chi connectivity index (χ4v) is 1.50. The predicted octanol–water partition coefficient (Wildman–Crippen LogP) is 1.25. The van der Waals surface area contributed by atoms with E-state index >= 15 is 0 Å². The third-order valence-corrected chi connectivity index (χ3v) is 2.59. The number of carbonyl (C=O) groups is 2. The number of hydrogen-bond acceptors (Lipinski definition) is 3. The highest BCUT2D eigenvalue weighted by Gasteiger charge is 2.09. The molecule has 6 heteroatoms. The minimum Gasteiger partial charge on any atom is -0.355 e. The van der Waals surface area contributed by atoms with Crippen molar-refractivity contribution in [1.29, 1.82) is 0 Å². The summed E-state index contributed by atoms with van der Waals surface area (Å²) in [6.45, 7) is 2.82. The van der Waals surface area contributed by atoms with Crippen LogP contribution < -0.4 is 16.0 Å². The molecule has 0 unspecified atom stereocenters. The van der Waals surface area contributed by atoms with Crippen molar-refractivity contribution in [2.45, 2.75) is 6.92 Å². The summed E-state index contributed by atoms with van der Waals surface area (Å²) in [4.78, 5) is 23.0. The Morgan fingerprint density at radius 1 is 1.33 bits per heavy atom. The molecule has 18 heavy (non-hydrogen) atoms. The zero-order valence-corrected chi connectivity index (χ0v) is 11.1. The standard InChI is InChI=1S/C12H16ClN3O2/c1-3-15-7-11(17)16-10-6-8(12(18)14-2)4-5-9(10)13/h4-6,15H,3,7H2,1-2H3,(H,14,18)(H,16,17). The van der Waals surface area contributed by atoms with Crippen LogP contribution in [0.1, 0.15) is 17.3 Å². The lowest BCUT2D eigenvalue weighted by Crippen LogP contribution is -2.28. The van der Waals surface area contributed by atoms with Crippen molar-refractivity contribution < 1.29 is 9.59 Å². The number of halogens is 1. The molecule has 98 valence electrons. The van der Waals surface area contributed by atoms with Gasteiger partial charge in [-0.1, -0.05) is 18.5 Å². The van der Waals surface area contributed by atoms with Gasteiger partial charge in [0.1, 0.15) is 0 Å². The molecule has 0 fully saturated rings. The average Bonchev–Trinajstić information content (AvgIpc) is 2.38. The second-order valence-electron chi connectivity index (χ2n) is 3.60. The number of likely N-dealkylation sites (N-methyl/N-ethyl adjacent to an activating group) is 1. The number of anilines is 1. The summed E-state index contributed by atoms with van der Waals surface area (Å²) in [5, 5.41) is 8.46. The molecule has 0 aliphatic heterocycles. The van der Waals surface area contributed by atoms with Gasteiger partial charge in [0.2, 0.25) is 5.91 Å². The summed E-state index contributed by atoms with van der Waals surface area (Å²) >= 11 is 5.96. The Hall–Kier alpha value is -1.59. The second-order valence-corrected chi connectivity index (χ2v) is 4.01. The van der Waals surface area contributed by atoms with Gasteiger partial charge in [0, 0.05) is 12.6 Å². The minimum atomic E-state index is -0.228. The van der Waals surface area contributed by atoms with Crippen molar-refractivity contribution in [2.24, 2.45) is 0 Å². The molecular formula is C12H16ClN3O2. The van der Waals surface area contributed by atoms with E-state index in [1.807, 2.05) is 6.92 Å². The Morgan fingerprint density at radius 2 is 2.06 bits per heavy atom. The van der Waals surface area contributed by atoms with Crippen LogP contribution in [0.25, 0.3) is 0 Å². The topological polar surface area (TPSA) is 70.2 Å². The number of nitrogens with one attached hydrogen (secondary N) is 3. The zero-order chi connectivity index (χ0) is 13.5. The van der Waals surface area contributed by atoms with Crippen molar-refractivity contribution in [3.63, 3.8) is 0 Å². The molecule has 1 rings (SSSR count). The summed E-state index contributed by atoms with van der Waals surface area (Å²) in [6.07, 6.45) is 0. The average molecular weight is 270 g/mol. The molecule has 0 aliphatic carbocycles. The molecule has 3 N–H and O–H groups in total. The number of benzene rings is 1. The third-order valence-electron chi connectivity index (χ3n) is 2.27. The summed E-state index contributed by atoms with van der Waals surface area (Å²) in [7, 11) is 1.54. The fraction of sp³-hybridized carbons (Fsp3) is 0.333. The molecule has 2 amide bonds. The molecular weight excluding hydrogens is 254 g/mol. The van der Waals surface area contributed by atoms with Crippen LogP contribution in [-0.2, 0) is 4.79 Å². The minimum absolute atomic E-state index is 0.201. The van der Waals surface area contributed by atoms with Gasteiger partial charge >= 0.3 is 0 Å². The molecule has 0 aromatic heterocycles. The first kappa shape index (κ1) is 14.5. The maximum atomic E-state index is 11.5. The highest BCUT2D eigenvalue weighted by Crippen LogP contribution is 2.22. The Bertz CT molecular complexity index is 449. The third kappa shape index (κ3) is 4.01. The Balaban J connectivity index is 2.81. The quantitative estimate of drug-likeness (QED) is 0.753. The molecule has 0 saturated heterocycles. The highest BCUT2D eigenvalue weighted by molar-refractivity contribution is 6.33. The van der Waals surface area contributed by atoms with E-state index in [0.717, 1.165) is 0 Å². The van der Waals surface area contributed by atoms with Gasteiger partial charge in [0.25, 0.3) is 5.91 Å². The lowest BCUT2D eigenvalue weighted by atomic mass is 10.2. The molecule has 0 radical (unpaired) electrons. The molecule has 1 aromatic rings. The van der Waals surface area contributed by atoms with Gasteiger partial charge in [-0.05, 0) is 24.7 Å². The number of carbonyl (C=O) groups excluding carboxylic acids is 2. The summed E-state index contributed by atoms with van der Waals surface area (Å²) in [5.41, 5.74) is 0.876. The number of amides is 2. The van der Waals surface area contributed by atoms with Gasteiger partial charge in [0.15, 0.2) is 0 Å². The van der Waals surface area contributed by atoms with Crippen LogP contribution >= 0.6 is 11.6 Å². The van der Waals surface area contributed by atoms with E-state index < -0.39 is 0 Å². The highest BCUT2D eigenvalue weighted by atomic mass is 35.5. The van der Waals surface area contributed by atoms with E-state index in [4.69, 9.17) is 11.6 Å². The second kappa shape index (κ2) is 6.98. The molecule has 1 aromatic carbocycles. The van der Waals surface area contributed by atoms with Gasteiger partial charge in [-0.15, -0.1) is 0 Å². The summed E-state index contributed by atoms with van der Waals surface area (Å²) in [6, 6.07) is 4.72. The smallest absolute Gasteiger partial charge is 0.251 e. The van der Waals surface area contributed by atoms with Crippen molar-refractivity contribution in [1.82, 2.24) is 10.6 Å². The molecule has 0 bridgehead atoms. The van der Waals surface area contributed by atoms with Crippen molar-refractivity contribution in [3.05, 3.63) is 28.8 Å². The van der Waals surface area contributed by atoms with Crippen molar-refractivity contribution >= 4 is 29.1 Å². The first-order chi connectivity index (χ1) is 8.58. The lowest BCUT2D eigenvalue weighted by Gasteiger charge is -2.09. The molecule has 5 nitrogen and oxygen atoms in total. The monoisotopic (exact) mass is 269 g/mol. The van der Waals surface area contributed by atoms with Gasteiger partial charge in [-0.3, -0.25) is 9.59 Å². The maximum Gasteiger partial charge on any atom is 0.251 e. The van der Waals surface area contributed by atoms with E-state index in [9.17, 15) is 9.59 Å². The van der Waals surface area contributed by atoms with Crippen molar-refractivity contribution in [2.75, 3.05) is 25.5 Å². The zero-order valence-electron chi connectivity index (χ0n) is 10.3. The Labute approximate surface area is 111 Å². The fourth-order valence-electron chi connectivity index (χ4n) is 1.34. The van der Waals surface area contributed by atoms with Crippen LogP contribution in [0.3, 0.4) is 0 Å². The first-order valence-electron chi connectivity index (χ1n) is 5.60. The van der Waals surface area contributed by atoms with Gasteiger partial charge < -0.3 is 16.0 Å². The molecule has 0 aliphatic rings. The molecule has 0 atom stereocenters. The Morgan fingerprint density at radius 3 is 2.67 bits per heavy atom. The van der Waals surface area contributed by atoms with E-state index in [0.29, 0.717) is 22.8 Å². The van der Waals surface area contributed by atoms with E-state index in [-0.39, 0.29) is 18.4 Å². The number of hydrogen-bond donors (Lipinski definition) is 3. The normalized spacial score (nSPS) is 9.94. The summed E-state index contributed by atoms with van der Waals surface area (Å²) in [5.74, 6) is -0.429. The first-order valence-corrected chi connectivity index (χ1v) is 5.98. The van der Waals surface area contributed by atoms with Gasteiger partial charge in [-0.2, -0.15) is 0 Å². The van der Waals surface area contributed by atoms with Crippen LogP contribution in [0.2, 0.25) is 5.02 Å². The van der Waals surface area contributed by atoms with Crippen LogP contribution in [0.5, 0.6) is 0 Å². The predicted molar refractivity (Wildman–Crippen MR) is 72.0 cm³/mol. The lowest BCUT2D eigenvalue weighted by molar-refractivity contribution is -0.115. The largest absolute Gasteiger partial charge is 0.355 e. The van der Waals surface area contributed by atoms with E-state index in [1.54, 1.807) is 25.2 Å². The van der Waals surface area contributed by atoms with Crippen LogP contribution in [0.15, 0.2) is 18.2 Å². The molecule has 0 spiro atoms. The van der Waals surface area contributed by atoms with Crippen molar-refractivity contribution in [3.8, 4) is 0 Å². The van der Waals surface area contributed by atoms with Crippen LogP contribution in [0.4, 0.5) is 5.69 Å². The molecule has 0 heterocycles. The van der Waals surface area contributed by atoms with Gasteiger partial charge in [-0.25, -0.2) is 0 Å². The summed E-state index contributed by atoms with van der Waals surface area (Å²) < 4.78 is 0. The Kier molecular flexibility index (Phi) is 5.61.